The number of rotatable bonds is 1. The van der Waals surface area contributed by atoms with Gasteiger partial charge in [-0.15, -0.1) is 0 Å². The van der Waals surface area contributed by atoms with Crippen LogP contribution in [0, 0.1) is 0 Å². The summed E-state index contributed by atoms with van der Waals surface area (Å²) in [4.78, 5) is 0. The molecule has 0 aromatic carbocycles. The van der Waals surface area contributed by atoms with Crippen molar-refractivity contribution >= 4 is 10.0 Å². The molecule has 0 radical (unpaired) electrons. The lowest BCUT2D eigenvalue weighted by molar-refractivity contribution is 0.594. The van der Waals surface area contributed by atoms with Crippen molar-refractivity contribution in [3.05, 3.63) is 0 Å². The number of likely N-dealkylation sites (N-methyl/N-ethyl adjacent to an activating group) is 1. The predicted octanol–water partition coefficient (Wildman–Crippen LogP) is -1.49. The standard InChI is InChI=1S/C4H10N2O2S/c1-5-4-2-6-9(7,8)3-4/h4-6H,2-3H2,1H3. The second-order valence-corrected chi connectivity index (χ2v) is 3.97. The molecule has 9 heavy (non-hydrogen) atoms. The monoisotopic (exact) mass is 150 g/mol. The van der Waals surface area contributed by atoms with Gasteiger partial charge in [-0.25, -0.2) is 13.1 Å². The first kappa shape index (κ1) is 6.98. The van der Waals surface area contributed by atoms with Crippen molar-refractivity contribution in [2.24, 2.45) is 0 Å². The molecule has 0 aliphatic carbocycles. The van der Waals surface area contributed by atoms with Crippen molar-refractivity contribution in [2.45, 2.75) is 6.04 Å². The molecule has 0 aromatic heterocycles. The van der Waals surface area contributed by atoms with Crippen molar-refractivity contribution < 1.29 is 8.42 Å². The molecule has 1 fully saturated rings. The van der Waals surface area contributed by atoms with Gasteiger partial charge in [0.2, 0.25) is 10.0 Å². The van der Waals surface area contributed by atoms with Crippen LogP contribution in [0.1, 0.15) is 0 Å². The van der Waals surface area contributed by atoms with Gasteiger partial charge in [0, 0.05) is 12.6 Å². The van der Waals surface area contributed by atoms with Gasteiger partial charge in [-0.3, -0.25) is 0 Å². The molecule has 0 bridgehead atoms. The van der Waals surface area contributed by atoms with E-state index in [0.717, 1.165) is 0 Å². The summed E-state index contributed by atoms with van der Waals surface area (Å²) >= 11 is 0. The van der Waals surface area contributed by atoms with Gasteiger partial charge in [0.15, 0.2) is 0 Å². The van der Waals surface area contributed by atoms with E-state index in [0.29, 0.717) is 6.54 Å². The predicted molar refractivity (Wildman–Crippen MR) is 34.6 cm³/mol. The molecule has 2 N–H and O–H groups in total. The molecule has 1 unspecified atom stereocenters. The lowest BCUT2D eigenvalue weighted by Crippen LogP contribution is -2.29. The molecular weight excluding hydrogens is 140 g/mol. The van der Waals surface area contributed by atoms with E-state index in [1.54, 1.807) is 7.05 Å². The third-order valence-corrected chi connectivity index (χ3v) is 2.83. The lowest BCUT2D eigenvalue weighted by Gasteiger charge is -2.00. The minimum absolute atomic E-state index is 0.0926. The molecule has 54 valence electrons. The molecule has 1 heterocycles. The highest BCUT2D eigenvalue weighted by molar-refractivity contribution is 7.89. The molecule has 1 aliphatic heterocycles. The molecule has 1 atom stereocenters. The van der Waals surface area contributed by atoms with E-state index in [-0.39, 0.29) is 11.8 Å². The summed E-state index contributed by atoms with van der Waals surface area (Å²) in [5.74, 6) is 0.212. The van der Waals surface area contributed by atoms with Crippen LogP contribution < -0.4 is 10.0 Å². The Kier molecular flexibility index (Phi) is 1.74. The Balaban J connectivity index is 2.58. The molecule has 5 heteroatoms. The summed E-state index contributed by atoms with van der Waals surface area (Å²) in [7, 11) is -1.16. The smallest absolute Gasteiger partial charge is 0.213 e. The topological polar surface area (TPSA) is 58.2 Å². The summed E-state index contributed by atoms with van der Waals surface area (Å²) in [6, 6.07) is 0.0926. The highest BCUT2D eigenvalue weighted by atomic mass is 32.2. The first-order valence-corrected chi connectivity index (χ1v) is 4.44. The van der Waals surface area contributed by atoms with Gasteiger partial charge in [0.25, 0.3) is 0 Å². The van der Waals surface area contributed by atoms with E-state index < -0.39 is 10.0 Å². The molecular formula is C4H10N2O2S. The van der Waals surface area contributed by atoms with E-state index in [2.05, 4.69) is 10.0 Å². The zero-order chi connectivity index (χ0) is 6.91. The second kappa shape index (κ2) is 2.24. The van der Waals surface area contributed by atoms with Crippen LogP contribution in [0.4, 0.5) is 0 Å². The maximum absolute atomic E-state index is 10.6. The van der Waals surface area contributed by atoms with Gasteiger partial charge in [0.05, 0.1) is 5.75 Å². The fourth-order valence-corrected chi connectivity index (χ4v) is 2.18. The van der Waals surface area contributed by atoms with Crippen LogP contribution in [-0.4, -0.2) is 33.8 Å². The molecule has 4 nitrogen and oxygen atoms in total. The summed E-state index contributed by atoms with van der Waals surface area (Å²) < 4.78 is 23.7. The van der Waals surface area contributed by atoms with Crippen molar-refractivity contribution in [3.63, 3.8) is 0 Å². The Bertz CT molecular complexity index is 187. The number of hydrogen-bond acceptors (Lipinski definition) is 3. The molecule has 0 amide bonds. The zero-order valence-corrected chi connectivity index (χ0v) is 6.03. The van der Waals surface area contributed by atoms with Gasteiger partial charge < -0.3 is 5.32 Å². The number of sulfonamides is 1. The van der Waals surface area contributed by atoms with Crippen molar-refractivity contribution in [2.75, 3.05) is 19.3 Å². The maximum atomic E-state index is 10.6. The Morgan fingerprint density at radius 1 is 1.67 bits per heavy atom. The van der Waals surface area contributed by atoms with Crippen LogP contribution in [0.3, 0.4) is 0 Å². The van der Waals surface area contributed by atoms with E-state index in [1.807, 2.05) is 0 Å². The highest BCUT2D eigenvalue weighted by Crippen LogP contribution is 1.97. The average molecular weight is 150 g/mol. The molecule has 0 spiro atoms. The first-order chi connectivity index (χ1) is 4.14. The zero-order valence-electron chi connectivity index (χ0n) is 5.22. The molecule has 0 aromatic rings. The van der Waals surface area contributed by atoms with E-state index >= 15 is 0 Å². The van der Waals surface area contributed by atoms with Crippen LogP contribution in [0.2, 0.25) is 0 Å². The minimum atomic E-state index is -2.92. The van der Waals surface area contributed by atoms with Crippen LogP contribution >= 0.6 is 0 Å². The fourth-order valence-electron chi connectivity index (χ4n) is 0.796. The highest BCUT2D eigenvalue weighted by Gasteiger charge is 2.25. The van der Waals surface area contributed by atoms with Gasteiger partial charge in [0.1, 0.15) is 0 Å². The fraction of sp³-hybridized carbons (Fsp3) is 1.00. The second-order valence-electron chi connectivity index (χ2n) is 2.12. The van der Waals surface area contributed by atoms with Crippen molar-refractivity contribution in [1.29, 1.82) is 0 Å². The largest absolute Gasteiger partial charge is 0.315 e. The van der Waals surface area contributed by atoms with E-state index in [4.69, 9.17) is 0 Å². The van der Waals surface area contributed by atoms with Gasteiger partial charge in [-0.1, -0.05) is 0 Å². The van der Waals surface area contributed by atoms with Crippen molar-refractivity contribution in [1.82, 2.24) is 10.0 Å². The maximum Gasteiger partial charge on any atom is 0.213 e. The van der Waals surface area contributed by atoms with Crippen LogP contribution in [-0.2, 0) is 10.0 Å². The number of nitrogens with one attached hydrogen (secondary N) is 2. The third kappa shape index (κ3) is 1.64. The van der Waals surface area contributed by atoms with Gasteiger partial charge >= 0.3 is 0 Å². The normalized spacial score (nSPS) is 32.8. The number of hydrogen-bond donors (Lipinski definition) is 2. The summed E-state index contributed by atoms with van der Waals surface area (Å²) in [5.41, 5.74) is 0. The Hall–Kier alpha value is -0.130. The quantitative estimate of drug-likeness (QED) is 0.478. The minimum Gasteiger partial charge on any atom is -0.315 e. The first-order valence-electron chi connectivity index (χ1n) is 2.78. The van der Waals surface area contributed by atoms with Crippen molar-refractivity contribution in [3.8, 4) is 0 Å². The molecule has 1 aliphatic rings. The SMILES string of the molecule is CNC1CNS(=O)(=O)C1. The summed E-state index contributed by atoms with van der Waals surface area (Å²) in [6.45, 7) is 0.527. The Morgan fingerprint density at radius 3 is 2.56 bits per heavy atom. The molecule has 1 rings (SSSR count). The Labute approximate surface area is 54.7 Å². The van der Waals surface area contributed by atoms with Gasteiger partial charge in [-0.05, 0) is 7.05 Å². The lowest BCUT2D eigenvalue weighted by atomic mass is 10.4. The van der Waals surface area contributed by atoms with E-state index in [1.165, 1.54) is 0 Å². The third-order valence-electron chi connectivity index (χ3n) is 1.38. The van der Waals surface area contributed by atoms with Gasteiger partial charge in [-0.2, -0.15) is 0 Å². The van der Waals surface area contributed by atoms with E-state index in [9.17, 15) is 8.42 Å². The molecule has 1 saturated heterocycles. The average Bonchev–Trinajstić information content (AvgIpc) is 2.10. The van der Waals surface area contributed by atoms with Crippen LogP contribution in [0.5, 0.6) is 0 Å². The summed E-state index contributed by atoms with van der Waals surface area (Å²) in [5, 5.41) is 2.88. The van der Waals surface area contributed by atoms with Crippen LogP contribution in [0.25, 0.3) is 0 Å². The summed E-state index contributed by atoms with van der Waals surface area (Å²) in [6.07, 6.45) is 0. The Morgan fingerprint density at radius 2 is 2.33 bits per heavy atom. The van der Waals surface area contributed by atoms with Crippen LogP contribution in [0.15, 0.2) is 0 Å². The molecule has 0 saturated carbocycles.